The van der Waals surface area contributed by atoms with Gasteiger partial charge in [0.15, 0.2) is 5.09 Å². The summed E-state index contributed by atoms with van der Waals surface area (Å²) >= 11 is 1.57. The molecule has 0 radical (unpaired) electrons. The molecule has 1 rings (SSSR count). The molecule has 0 unspecified atom stereocenters. The lowest BCUT2D eigenvalue weighted by Gasteiger charge is -1.95. The Morgan fingerprint density at radius 2 is 2.06 bits per heavy atom. The SMILES string of the molecule is CC.CCCCCSc1ccc(C(=O)O)o1. The second-order valence-electron chi connectivity index (χ2n) is 2.98. The van der Waals surface area contributed by atoms with Crippen LogP contribution in [0.3, 0.4) is 0 Å². The van der Waals surface area contributed by atoms with E-state index in [1.807, 2.05) is 13.8 Å². The number of thioether (sulfide) groups is 1. The molecule has 4 heteroatoms. The second-order valence-corrected chi connectivity index (χ2v) is 4.08. The first-order chi connectivity index (χ1) is 7.74. The van der Waals surface area contributed by atoms with Crippen molar-refractivity contribution >= 4 is 17.7 Å². The Bertz CT molecular complexity index is 294. The van der Waals surface area contributed by atoms with Crippen LogP contribution in [-0.4, -0.2) is 16.8 Å². The molecular weight excluding hydrogens is 224 g/mol. The third-order valence-electron chi connectivity index (χ3n) is 1.78. The predicted octanol–water partition coefficient (Wildman–Crippen LogP) is 4.29. The van der Waals surface area contributed by atoms with Crippen molar-refractivity contribution in [3.63, 3.8) is 0 Å². The average Bonchev–Trinajstić information content (AvgIpc) is 2.76. The zero-order chi connectivity index (χ0) is 12.4. The highest BCUT2D eigenvalue weighted by molar-refractivity contribution is 7.99. The molecular formula is C12H20O3S. The third-order valence-corrected chi connectivity index (χ3v) is 2.78. The first-order valence-electron chi connectivity index (χ1n) is 5.70. The predicted molar refractivity (Wildman–Crippen MR) is 67.3 cm³/mol. The highest BCUT2D eigenvalue weighted by atomic mass is 32.2. The van der Waals surface area contributed by atoms with E-state index in [-0.39, 0.29) is 5.76 Å². The molecule has 0 fully saturated rings. The van der Waals surface area contributed by atoms with Gasteiger partial charge in [-0.25, -0.2) is 4.79 Å². The lowest BCUT2D eigenvalue weighted by atomic mass is 10.3. The summed E-state index contributed by atoms with van der Waals surface area (Å²) in [6.07, 6.45) is 3.54. The maximum Gasteiger partial charge on any atom is 0.371 e. The van der Waals surface area contributed by atoms with Crippen molar-refractivity contribution in [3.8, 4) is 0 Å². The van der Waals surface area contributed by atoms with E-state index in [1.54, 1.807) is 17.8 Å². The molecule has 1 heterocycles. The van der Waals surface area contributed by atoms with Crippen molar-refractivity contribution in [2.24, 2.45) is 0 Å². The zero-order valence-electron chi connectivity index (χ0n) is 10.2. The molecule has 0 atom stereocenters. The minimum Gasteiger partial charge on any atom is -0.475 e. The summed E-state index contributed by atoms with van der Waals surface area (Å²) in [5, 5.41) is 9.30. The second kappa shape index (κ2) is 9.33. The van der Waals surface area contributed by atoms with Crippen molar-refractivity contribution in [3.05, 3.63) is 17.9 Å². The maximum atomic E-state index is 10.5. The summed E-state index contributed by atoms with van der Waals surface area (Å²) in [4.78, 5) is 10.5. The summed E-state index contributed by atoms with van der Waals surface area (Å²) in [6, 6.07) is 3.20. The molecule has 3 nitrogen and oxygen atoms in total. The lowest BCUT2D eigenvalue weighted by Crippen LogP contribution is -1.91. The van der Waals surface area contributed by atoms with E-state index < -0.39 is 5.97 Å². The summed E-state index contributed by atoms with van der Waals surface area (Å²) in [5.41, 5.74) is 0. The highest BCUT2D eigenvalue weighted by Crippen LogP contribution is 2.22. The Hall–Kier alpha value is -0.900. The van der Waals surface area contributed by atoms with Crippen LogP contribution in [0.25, 0.3) is 0 Å². The summed E-state index contributed by atoms with van der Waals surface area (Å²) in [7, 11) is 0. The third kappa shape index (κ3) is 5.85. The van der Waals surface area contributed by atoms with Gasteiger partial charge in [0.05, 0.1) is 0 Å². The average molecular weight is 244 g/mol. The number of carboxylic acid groups (broad SMARTS) is 1. The fraction of sp³-hybridized carbons (Fsp3) is 0.583. The van der Waals surface area contributed by atoms with Crippen LogP contribution in [0.5, 0.6) is 0 Å². The Labute approximate surface area is 101 Å². The summed E-state index contributed by atoms with van der Waals surface area (Å²) < 4.78 is 5.09. The monoisotopic (exact) mass is 244 g/mol. The van der Waals surface area contributed by atoms with Crippen molar-refractivity contribution in [1.82, 2.24) is 0 Å². The molecule has 1 N–H and O–H groups in total. The van der Waals surface area contributed by atoms with Gasteiger partial charge in [-0.05, 0) is 18.6 Å². The topological polar surface area (TPSA) is 50.4 Å². The minimum absolute atomic E-state index is 0.0167. The van der Waals surface area contributed by atoms with Gasteiger partial charge in [0.25, 0.3) is 0 Å². The van der Waals surface area contributed by atoms with Gasteiger partial charge in [0.2, 0.25) is 5.76 Å². The fourth-order valence-electron chi connectivity index (χ4n) is 1.04. The number of furan rings is 1. The van der Waals surface area contributed by atoms with E-state index in [9.17, 15) is 4.79 Å². The molecule has 0 spiro atoms. The molecule has 0 aliphatic rings. The standard InChI is InChI=1S/C10H14O3S.C2H6/c1-2-3-4-7-14-9-6-5-8(13-9)10(11)12;1-2/h5-6H,2-4,7H2,1H3,(H,11,12);1-2H3. The molecule has 0 saturated carbocycles. The molecule has 16 heavy (non-hydrogen) atoms. The van der Waals surface area contributed by atoms with Gasteiger partial charge < -0.3 is 9.52 Å². The molecule has 0 aliphatic heterocycles. The molecule has 0 aliphatic carbocycles. The number of carboxylic acids is 1. The van der Waals surface area contributed by atoms with Crippen molar-refractivity contribution < 1.29 is 14.3 Å². The van der Waals surface area contributed by atoms with Crippen LogP contribution in [0.4, 0.5) is 0 Å². The molecule has 0 amide bonds. The van der Waals surface area contributed by atoms with Crippen molar-refractivity contribution in [1.29, 1.82) is 0 Å². The van der Waals surface area contributed by atoms with E-state index in [0.29, 0.717) is 5.09 Å². The minimum atomic E-state index is -1.01. The summed E-state index contributed by atoms with van der Waals surface area (Å²) in [5.74, 6) is -0.00570. The summed E-state index contributed by atoms with van der Waals surface area (Å²) in [6.45, 7) is 6.15. The van der Waals surface area contributed by atoms with Crippen molar-refractivity contribution in [2.75, 3.05) is 5.75 Å². The van der Waals surface area contributed by atoms with Crippen LogP contribution in [0.1, 0.15) is 50.6 Å². The Morgan fingerprint density at radius 1 is 1.38 bits per heavy atom. The zero-order valence-corrected chi connectivity index (χ0v) is 11.0. The number of aromatic carboxylic acids is 1. The van der Waals surface area contributed by atoms with Gasteiger partial charge in [-0.2, -0.15) is 0 Å². The van der Waals surface area contributed by atoms with E-state index in [1.165, 1.54) is 18.9 Å². The Balaban J connectivity index is 0.00000106. The maximum absolute atomic E-state index is 10.5. The molecule has 1 aromatic heterocycles. The Morgan fingerprint density at radius 3 is 2.56 bits per heavy atom. The first-order valence-corrected chi connectivity index (χ1v) is 6.68. The highest BCUT2D eigenvalue weighted by Gasteiger charge is 2.08. The van der Waals surface area contributed by atoms with Crippen LogP contribution in [0.15, 0.2) is 21.6 Å². The number of rotatable bonds is 6. The van der Waals surface area contributed by atoms with Crippen LogP contribution >= 0.6 is 11.8 Å². The van der Waals surface area contributed by atoms with Crippen LogP contribution in [-0.2, 0) is 0 Å². The smallest absolute Gasteiger partial charge is 0.371 e. The van der Waals surface area contributed by atoms with E-state index in [0.717, 1.165) is 12.2 Å². The fourth-order valence-corrected chi connectivity index (χ4v) is 1.90. The molecule has 92 valence electrons. The van der Waals surface area contributed by atoms with Gasteiger partial charge in [-0.3, -0.25) is 0 Å². The van der Waals surface area contributed by atoms with Gasteiger partial charge in [0, 0.05) is 5.75 Å². The van der Waals surface area contributed by atoms with Gasteiger partial charge in [-0.15, -0.1) is 0 Å². The first kappa shape index (κ1) is 15.1. The Kier molecular flexibility index (Phi) is 8.81. The quantitative estimate of drug-likeness (QED) is 0.599. The van der Waals surface area contributed by atoms with Gasteiger partial charge in [0.1, 0.15) is 0 Å². The number of hydrogen-bond acceptors (Lipinski definition) is 3. The molecule has 0 bridgehead atoms. The van der Waals surface area contributed by atoms with Crippen molar-refractivity contribution in [2.45, 2.75) is 45.1 Å². The lowest BCUT2D eigenvalue weighted by molar-refractivity contribution is 0.0656. The molecule has 0 aromatic carbocycles. The van der Waals surface area contributed by atoms with Crippen LogP contribution in [0, 0.1) is 0 Å². The molecule has 0 saturated heterocycles. The van der Waals surface area contributed by atoms with E-state index >= 15 is 0 Å². The number of hydrogen-bond donors (Lipinski definition) is 1. The van der Waals surface area contributed by atoms with Gasteiger partial charge in [-0.1, -0.05) is 45.4 Å². The van der Waals surface area contributed by atoms with Crippen LogP contribution < -0.4 is 0 Å². The van der Waals surface area contributed by atoms with E-state index in [4.69, 9.17) is 9.52 Å². The largest absolute Gasteiger partial charge is 0.475 e. The normalized spacial score (nSPS) is 9.44. The van der Waals surface area contributed by atoms with Crippen LogP contribution in [0.2, 0.25) is 0 Å². The van der Waals surface area contributed by atoms with E-state index in [2.05, 4.69) is 6.92 Å². The van der Waals surface area contributed by atoms with Gasteiger partial charge >= 0.3 is 5.97 Å². The number of unbranched alkanes of at least 4 members (excludes halogenated alkanes) is 2. The molecule has 1 aromatic rings. The number of carbonyl (C=O) groups is 1.